The molecule has 280 valence electrons. The van der Waals surface area contributed by atoms with E-state index in [-0.39, 0.29) is 31.6 Å². The van der Waals surface area contributed by atoms with Crippen LogP contribution in [0.2, 0.25) is 0 Å². The third kappa shape index (κ3) is 10.8. The van der Waals surface area contributed by atoms with Gasteiger partial charge in [0.15, 0.2) is 0 Å². The molecule has 0 aliphatic carbocycles. The van der Waals surface area contributed by atoms with Crippen LogP contribution in [-0.4, -0.2) is 62.5 Å². The summed E-state index contributed by atoms with van der Waals surface area (Å²) in [6.07, 6.45) is 5.60. The standard InChI is InChI=1S/C40H45FN4O8/c1-27(46)51-23-40(50,24-52-28(2)47)21-20-31-6-10-33(11-7-31)38-36(18-19-37(53-29(3)48)32-12-14-34(41)15-13-32)39(49)45(38)35-16-8-30(9-17-35)5-4-22-44-26-42-25-43-44/h6-17,25-26,36-38,50H,4-5,18-24H2,1-3H3/t36?,37-,38?/m0/s1. The lowest BCUT2D eigenvalue weighted by Gasteiger charge is -2.48. The monoisotopic (exact) mass is 728 g/mol. The number of nitrogens with zero attached hydrogens (tertiary/aromatic N) is 4. The van der Waals surface area contributed by atoms with Gasteiger partial charge < -0.3 is 24.2 Å². The van der Waals surface area contributed by atoms with Crippen LogP contribution in [0.1, 0.15) is 80.9 Å². The molecular weight excluding hydrogens is 683 g/mol. The van der Waals surface area contributed by atoms with Crippen molar-refractivity contribution in [2.75, 3.05) is 18.1 Å². The van der Waals surface area contributed by atoms with Crippen LogP contribution in [0.15, 0.2) is 85.5 Å². The molecule has 1 aromatic heterocycles. The van der Waals surface area contributed by atoms with E-state index in [1.165, 1.54) is 39.2 Å². The minimum absolute atomic E-state index is 0.0558. The number of amides is 1. The van der Waals surface area contributed by atoms with Crippen LogP contribution < -0.4 is 4.90 Å². The first kappa shape index (κ1) is 38.8. The molecule has 1 aliphatic rings. The van der Waals surface area contributed by atoms with E-state index in [0.29, 0.717) is 24.8 Å². The molecule has 1 saturated heterocycles. The molecule has 1 aliphatic heterocycles. The number of rotatable bonds is 18. The van der Waals surface area contributed by atoms with Crippen molar-refractivity contribution in [2.24, 2.45) is 5.92 Å². The largest absolute Gasteiger partial charge is 0.463 e. The van der Waals surface area contributed by atoms with Gasteiger partial charge in [0.05, 0.1) is 12.0 Å². The molecule has 1 amide bonds. The topological polar surface area (TPSA) is 150 Å². The van der Waals surface area contributed by atoms with Gasteiger partial charge >= 0.3 is 17.9 Å². The number of aliphatic hydroxyl groups is 1. The maximum Gasteiger partial charge on any atom is 0.303 e. The Bertz CT molecular complexity index is 1810. The Kier molecular flexibility index (Phi) is 13.1. The summed E-state index contributed by atoms with van der Waals surface area (Å²) >= 11 is 0. The van der Waals surface area contributed by atoms with E-state index in [9.17, 15) is 28.7 Å². The maximum absolute atomic E-state index is 13.9. The van der Waals surface area contributed by atoms with Gasteiger partial charge in [-0.1, -0.05) is 48.5 Å². The number of anilines is 1. The van der Waals surface area contributed by atoms with E-state index >= 15 is 0 Å². The van der Waals surface area contributed by atoms with Gasteiger partial charge in [-0.15, -0.1) is 0 Å². The number of halogens is 1. The fourth-order valence-electron chi connectivity index (χ4n) is 6.53. The van der Waals surface area contributed by atoms with Crippen LogP contribution in [0.4, 0.5) is 10.1 Å². The SMILES string of the molecule is CC(=O)OCC(O)(CCc1ccc(C2C(CC[C@H](OC(C)=O)c3ccc(F)cc3)C(=O)N2c2ccc(CCCn3cncn3)cc2)cc1)COC(C)=O. The van der Waals surface area contributed by atoms with E-state index in [4.69, 9.17) is 14.2 Å². The number of β-lactam (4-membered cyclic amide) rings is 1. The molecule has 3 atom stereocenters. The smallest absolute Gasteiger partial charge is 0.303 e. The number of carbonyl (C=O) groups is 4. The third-order valence-corrected chi connectivity index (χ3v) is 9.33. The van der Waals surface area contributed by atoms with Crippen LogP contribution in [-0.2, 0) is 52.8 Å². The first-order chi connectivity index (χ1) is 25.4. The Morgan fingerprint density at radius 2 is 1.49 bits per heavy atom. The summed E-state index contributed by atoms with van der Waals surface area (Å²) in [5.41, 5.74) is 2.75. The number of aryl methyl sites for hydroxylation is 3. The highest BCUT2D eigenvalue weighted by Crippen LogP contribution is 2.46. The Balaban J connectivity index is 1.33. The van der Waals surface area contributed by atoms with Crippen molar-refractivity contribution in [3.63, 3.8) is 0 Å². The fourth-order valence-corrected chi connectivity index (χ4v) is 6.53. The average molecular weight is 729 g/mol. The van der Waals surface area contributed by atoms with Gasteiger partial charge in [0.25, 0.3) is 0 Å². The van der Waals surface area contributed by atoms with Crippen molar-refractivity contribution in [1.82, 2.24) is 14.8 Å². The zero-order chi connectivity index (χ0) is 38.0. The molecule has 13 heteroatoms. The molecule has 2 heterocycles. The number of hydrogen-bond donors (Lipinski definition) is 1. The van der Waals surface area contributed by atoms with E-state index in [1.807, 2.05) is 48.5 Å². The highest BCUT2D eigenvalue weighted by molar-refractivity contribution is 6.03. The lowest BCUT2D eigenvalue weighted by Crippen LogP contribution is -2.55. The molecule has 12 nitrogen and oxygen atoms in total. The molecule has 0 radical (unpaired) electrons. The molecule has 3 aromatic carbocycles. The summed E-state index contributed by atoms with van der Waals surface area (Å²) in [5, 5.41) is 15.2. The van der Waals surface area contributed by atoms with E-state index in [2.05, 4.69) is 10.1 Å². The quantitative estimate of drug-likeness (QED) is 0.0776. The van der Waals surface area contributed by atoms with E-state index in [1.54, 1.807) is 28.0 Å². The summed E-state index contributed by atoms with van der Waals surface area (Å²) in [6, 6.07) is 21.2. The van der Waals surface area contributed by atoms with Crippen molar-refractivity contribution in [2.45, 2.75) is 83.6 Å². The normalized spacial score (nSPS) is 16.1. The van der Waals surface area contributed by atoms with E-state index in [0.717, 1.165) is 41.8 Å². The highest BCUT2D eigenvalue weighted by Gasteiger charge is 2.48. The molecule has 5 rings (SSSR count). The molecule has 0 spiro atoms. The van der Waals surface area contributed by atoms with Crippen molar-refractivity contribution in [3.05, 3.63) is 114 Å². The lowest BCUT2D eigenvalue weighted by molar-refractivity contribution is -0.161. The summed E-state index contributed by atoms with van der Waals surface area (Å²) in [6.45, 7) is 3.91. The summed E-state index contributed by atoms with van der Waals surface area (Å²) in [5.74, 6) is -2.46. The van der Waals surface area contributed by atoms with Crippen LogP contribution in [0.3, 0.4) is 0 Å². The summed E-state index contributed by atoms with van der Waals surface area (Å²) in [7, 11) is 0. The molecule has 0 saturated carbocycles. The molecule has 53 heavy (non-hydrogen) atoms. The Hall–Kier alpha value is -5.43. The highest BCUT2D eigenvalue weighted by atomic mass is 19.1. The Morgan fingerprint density at radius 1 is 0.868 bits per heavy atom. The van der Waals surface area contributed by atoms with Crippen molar-refractivity contribution in [1.29, 1.82) is 0 Å². The Labute approximate surface area is 307 Å². The third-order valence-electron chi connectivity index (χ3n) is 9.33. The van der Waals surface area contributed by atoms with Crippen LogP contribution in [0.25, 0.3) is 0 Å². The predicted molar refractivity (Wildman–Crippen MR) is 192 cm³/mol. The van der Waals surface area contributed by atoms with Crippen LogP contribution >= 0.6 is 0 Å². The van der Waals surface area contributed by atoms with Gasteiger partial charge in [-0.25, -0.2) is 9.37 Å². The first-order valence-corrected chi connectivity index (χ1v) is 17.7. The zero-order valence-electron chi connectivity index (χ0n) is 30.2. The van der Waals surface area contributed by atoms with Gasteiger partial charge in [0, 0.05) is 33.0 Å². The van der Waals surface area contributed by atoms with Crippen molar-refractivity contribution < 1.29 is 42.9 Å². The van der Waals surface area contributed by atoms with Gasteiger partial charge in [-0.2, -0.15) is 5.10 Å². The number of esters is 3. The molecule has 4 aromatic rings. The second-order valence-corrected chi connectivity index (χ2v) is 13.4. The second kappa shape index (κ2) is 17.9. The van der Waals surface area contributed by atoms with Crippen molar-refractivity contribution >= 4 is 29.5 Å². The minimum Gasteiger partial charge on any atom is -0.463 e. The number of carbonyl (C=O) groups excluding carboxylic acids is 4. The first-order valence-electron chi connectivity index (χ1n) is 17.7. The number of aromatic nitrogens is 3. The summed E-state index contributed by atoms with van der Waals surface area (Å²) in [4.78, 5) is 54.5. The Morgan fingerprint density at radius 3 is 2.08 bits per heavy atom. The average Bonchev–Trinajstić information content (AvgIpc) is 3.66. The second-order valence-electron chi connectivity index (χ2n) is 13.4. The molecule has 0 bridgehead atoms. The van der Waals surface area contributed by atoms with E-state index < -0.39 is 41.3 Å². The molecule has 1 N–H and O–H groups in total. The molecular formula is C40H45FN4O8. The van der Waals surface area contributed by atoms with Crippen LogP contribution in [0.5, 0.6) is 0 Å². The number of ether oxygens (including phenoxy) is 3. The molecule has 2 unspecified atom stereocenters. The van der Waals surface area contributed by atoms with Crippen molar-refractivity contribution in [3.8, 4) is 0 Å². The zero-order valence-corrected chi connectivity index (χ0v) is 30.2. The van der Waals surface area contributed by atoms with Gasteiger partial charge in [0.2, 0.25) is 5.91 Å². The molecule has 1 fully saturated rings. The number of hydrogen-bond acceptors (Lipinski definition) is 10. The van der Waals surface area contributed by atoms with Gasteiger partial charge in [-0.05, 0) is 85.0 Å². The number of benzene rings is 3. The lowest BCUT2D eigenvalue weighted by atomic mass is 9.78. The van der Waals surface area contributed by atoms with Gasteiger partial charge in [-0.3, -0.25) is 23.9 Å². The predicted octanol–water partition coefficient (Wildman–Crippen LogP) is 5.63. The van der Waals surface area contributed by atoms with Gasteiger partial charge in [0.1, 0.15) is 43.4 Å². The maximum atomic E-state index is 13.9. The summed E-state index contributed by atoms with van der Waals surface area (Å²) < 4.78 is 31.2. The van der Waals surface area contributed by atoms with Crippen LogP contribution in [0, 0.1) is 11.7 Å². The minimum atomic E-state index is -1.57. The fraction of sp³-hybridized carbons (Fsp3) is 0.400.